The van der Waals surface area contributed by atoms with Crippen LogP contribution in [-0.4, -0.2) is 0 Å². The van der Waals surface area contributed by atoms with Crippen LogP contribution < -0.4 is 5.73 Å². The van der Waals surface area contributed by atoms with Crippen LogP contribution in [0.1, 0.15) is 17.6 Å². The Bertz CT molecular complexity index is 374. The lowest BCUT2D eigenvalue weighted by Crippen LogP contribution is -2.11. The Kier molecular flexibility index (Phi) is 3.22. The highest BCUT2D eigenvalue weighted by Crippen LogP contribution is 2.41. The van der Waals surface area contributed by atoms with Gasteiger partial charge in [-0.25, -0.2) is 8.78 Å². The van der Waals surface area contributed by atoms with Gasteiger partial charge in [0.2, 0.25) is 0 Å². The zero-order chi connectivity index (χ0) is 11.8. The molecular formula is C8H5BrF5N. The quantitative estimate of drug-likeness (QED) is 0.614. The average molecular weight is 290 g/mol. The third kappa shape index (κ3) is 2.39. The van der Waals surface area contributed by atoms with Gasteiger partial charge >= 0.3 is 6.18 Å². The highest BCUT2D eigenvalue weighted by molar-refractivity contribution is 9.10. The summed E-state index contributed by atoms with van der Waals surface area (Å²) in [6.45, 7) is 0. The lowest BCUT2D eigenvalue weighted by atomic mass is 10.1. The number of nitrogens with two attached hydrogens (primary N) is 1. The minimum Gasteiger partial charge on any atom is -0.398 e. The fraction of sp³-hybridized carbons (Fsp3) is 0.250. The van der Waals surface area contributed by atoms with Crippen molar-refractivity contribution in [2.45, 2.75) is 12.6 Å². The monoisotopic (exact) mass is 289 g/mol. The second-order valence-electron chi connectivity index (χ2n) is 2.73. The van der Waals surface area contributed by atoms with E-state index in [9.17, 15) is 22.0 Å². The van der Waals surface area contributed by atoms with Gasteiger partial charge in [0.1, 0.15) is 0 Å². The van der Waals surface area contributed by atoms with Crippen molar-refractivity contribution in [3.63, 3.8) is 0 Å². The maximum atomic E-state index is 12.4. The standard InChI is InChI=1S/C8H5BrF5N/c9-6-4(15)2-1-3(8(12,13)14)5(6)7(10)11/h1-2,7H,15H2. The first-order valence-corrected chi connectivity index (χ1v) is 4.47. The van der Waals surface area contributed by atoms with Crippen LogP contribution in [0.25, 0.3) is 0 Å². The van der Waals surface area contributed by atoms with Crippen LogP contribution in [0.4, 0.5) is 27.6 Å². The number of alkyl halides is 5. The largest absolute Gasteiger partial charge is 0.416 e. The van der Waals surface area contributed by atoms with E-state index >= 15 is 0 Å². The number of benzene rings is 1. The van der Waals surface area contributed by atoms with Crippen molar-refractivity contribution in [2.75, 3.05) is 5.73 Å². The predicted molar refractivity (Wildman–Crippen MR) is 48.5 cm³/mol. The molecule has 0 heterocycles. The first-order chi connectivity index (χ1) is 6.75. The molecule has 0 aliphatic rings. The van der Waals surface area contributed by atoms with Crippen LogP contribution in [0.5, 0.6) is 0 Å². The number of anilines is 1. The van der Waals surface area contributed by atoms with E-state index in [1.165, 1.54) is 0 Å². The molecule has 2 N–H and O–H groups in total. The Hall–Kier alpha value is -0.850. The van der Waals surface area contributed by atoms with E-state index < -0.39 is 28.2 Å². The fourth-order valence-electron chi connectivity index (χ4n) is 1.07. The molecule has 0 unspecified atom stereocenters. The number of hydrogen-bond acceptors (Lipinski definition) is 1. The molecule has 0 saturated carbocycles. The van der Waals surface area contributed by atoms with Gasteiger partial charge in [0.15, 0.2) is 0 Å². The molecule has 0 amide bonds. The molecule has 1 nitrogen and oxygen atoms in total. The summed E-state index contributed by atoms with van der Waals surface area (Å²) < 4.78 is 61.4. The Morgan fingerprint density at radius 3 is 2.13 bits per heavy atom. The average Bonchev–Trinajstić information content (AvgIpc) is 2.06. The summed E-state index contributed by atoms with van der Waals surface area (Å²) in [4.78, 5) is 0. The summed E-state index contributed by atoms with van der Waals surface area (Å²) >= 11 is 2.62. The highest BCUT2D eigenvalue weighted by atomic mass is 79.9. The van der Waals surface area contributed by atoms with E-state index in [-0.39, 0.29) is 5.69 Å². The van der Waals surface area contributed by atoms with Crippen LogP contribution in [0, 0.1) is 0 Å². The Balaban J connectivity index is 3.47. The van der Waals surface area contributed by atoms with Crippen molar-refractivity contribution in [1.29, 1.82) is 0 Å². The molecule has 0 aliphatic carbocycles. The first kappa shape index (κ1) is 12.2. The fourth-order valence-corrected chi connectivity index (χ4v) is 1.59. The van der Waals surface area contributed by atoms with Gasteiger partial charge < -0.3 is 5.73 Å². The lowest BCUT2D eigenvalue weighted by molar-refractivity contribution is -0.139. The van der Waals surface area contributed by atoms with E-state index in [4.69, 9.17) is 5.73 Å². The van der Waals surface area contributed by atoms with Crippen LogP contribution in [0.3, 0.4) is 0 Å². The van der Waals surface area contributed by atoms with Gasteiger partial charge in [0.05, 0.1) is 5.56 Å². The summed E-state index contributed by atoms with van der Waals surface area (Å²) in [5.74, 6) is 0. The van der Waals surface area contributed by atoms with Crippen molar-refractivity contribution in [3.8, 4) is 0 Å². The van der Waals surface area contributed by atoms with Gasteiger partial charge in [-0.05, 0) is 28.1 Å². The minimum atomic E-state index is -4.82. The zero-order valence-corrected chi connectivity index (χ0v) is 8.66. The molecule has 15 heavy (non-hydrogen) atoms. The molecule has 0 spiro atoms. The SMILES string of the molecule is Nc1ccc(C(F)(F)F)c(C(F)F)c1Br. The Morgan fingerprint density at radius 2 is 1.73 bits per heavy atom. The number of hydrogen-bond donors (Lipinski definition) is 1. The van der Waals surface area contributed by atoms with Crippen molar-refractivity contribution in [1.82, 2.24) is 0 Å². The van der Waals surface area contributed by atoms with Crippen LogP contribution in [0.15, 0.2) is 16.6 Å². The first-order valence-electron chi connectivity index (χ1n) is 3.68. The lowest BCUT2D eigenvalue weighted by Gasteiger charge is -2.14. The zero-order valence-electron chi connectivity index (χ0n) is 7.08. The molecular weight excluding hydrogens is 285 g/mol. The second kappa shape index (κ2) is 3.96. The molecule has 0 saturated heterocycles. The molecule has 0 atom stereocenters. The molecule has 0 aromatic heterocycles. The number of halogens is 6. The molecule has 84 valence electrons. The van der Waals surface area contributed by atoms with Gasteiger partial charge in [-0.3, -0.25) is 0 Å². The van der Waals surface area contributed by atoms with E-state index in [2.05, 4.69) is 15.9 Å². The second-order valence-corrected chi connectivity index (χ2v) is 3.52. The van der Waals surface area contributed by atoms with Gasteiger partial charge in [-0.2, -0.15) is 13.2 Å². The molecule has 0 fully saturated rings. The molecule has 1 aromatic carbocycles. The van der Waals surface area contributed by atoms with Gasteiger partial charge in [-0.15, -0.1) is 0 Å². The summed E-state index contributed by atoms with van der Waals surface area (Å²) in [5.41, 5.74) is 2.57. The minimum absolute atomic E-state index is 0.154. The molecule has 1 rings (SSSR count). The summed E-state index contributed by atoms with van der Waals surface area (Å²) in [7, 11) is 0. The smallest absolute Gasteiger partial charge is 0.398 e. The van der Waals surface area contributed by atoms with E-state index in [0.717, 1.165) is 6.07 Å². The van der Waals surface area contributed by atoms with Crippen molar-refractivity contribution in [3.05, 3.63) is 27.7 Å². The van der Waals surface area contributed by atoms with Crippen LogP contribution in [-0.2, 0) is 6.18 Å². The normalized spacial score (nSPS) is 12.2. The van der Waals surface area contributed by atoms with Gasteiger partial charge in [-0.1, -0.05) is 0 Å². The maximum Gasteiger partial charge on any atom is 0.416 e. The van der Waals surface area contributed by atoms with E-state index in [0.29, 0.717) is 6.07 Å². The van der Waals surface area contributed by atoms with E-state index in [1.807, 2.05) is 0 Å². The Morgan fingerprint density at radius 1 is 1.20 bits per heavy atom. The van der Waals surface area contributed by atoms with Crippen LogP contribution >= 0.6 is 15.9 Å². The third-order valence-electron chi connectivity index (χ3n) is 1.73. The maximum absolute atomic E-state index is 12.4. The number of nitrogen functional groups attached to an aromatic ring is 1. The molecule has 0 bridgehead atoms. The predicted octanol–water partition coefficient (Wildman–Crippen LogP) is 3.99. The van der Waals surface area contributed by atoms with Crippen molar-refractivity contribution < 1.29 is 22.0 Å². The third-order valence-corrected chi connectivity index (χ3v) is 2.62. The summed E-state index contributed by atoms with van der Waals surface area (Å²) in [5, 5.41) is 0. The highest BCUT2D eigenvalue weighted by Gasteiger charge is 2.37. The van der Waals surface area contributed by atoms with Crippen LogP contribution in [0.2, 0.25) is 0 Å². The van der Waals surface area contributed by atoms with E-state index in [1.54, 1.807) is 0 Å². The van der Waals surface area contributed by atoms with Crippen molar-refractivity contribution >= 4 is 21.6 Å². The molecule has 0 aliphatic heterocycles. The molecule has 7 heteroatoms. The summed E-state index contributed by atoms with van der Waals surface area (Å²) in [6, 6.07) is 1.47. The molecule has 0 radical (unpaired) electrons. The topological polar surface area (TPSA) is 26.0 Å². The van der Waals surface area contributed by atoms with Crippen molar-refractivity contribution in [2.24, 2.45) is 0 Å². The van der Waals surface area contributed by atoms with Gasteiger partial charge in [0, 0.05) is 15.7 Å². The van der Waals surface area contributed by atoms with Gasteiger partial charge in [0.25, 0.3) is 6.43 Å². The Labute approximate surface area is 90.2 Å². The summed E-state index contributed by atoms with van der Waals surface area (Å²) in [6.07, 6.45) is -8.05. The number of rotatable bonds is 1. The molecule has 1 aromatic rings.